The Morgan fingerprint density at radius 3 is 2.60 bits per heavy atom. The molecule has 0 aliphatic carbocycles. The van der Waals surface area contributed by atoms with E-state index in [9.17, 15) is 4.79 Å². The Balaban J connectivity index is 1.44. The van der Waals surface area contributed by atoms with Gasteiger partial charge in [0, 0.05) is 43.2 Å². The van der Waals surface area contributed by atoms with Gasteiger partial charge in [-0.05, 0) is 23.8 Å². The predicted octanol–water partition coefficient (Wildman–Crippen LogP) is 1.92. The number of amides is 1. The number of rotatable bonds is 6. The normalized spacial score (nSPS) is 15.5. The fourth-order valence-electron chi connectivity index (χ4n) is 3.52. The second kappa shape index (κ2) is 9.43. The highest BCUT2D eigenvalue weighted by Crippen LogP contribution is 2.21. The van der Waals surface area contributed by atoms with Crippen molar-refractivity contribution in [2.24, 2.45) is 0 Å². The molecule has 8 heteroatoms. The molecule has 1 aliphatic heterocycles. The van der Waals surface area contributed by atoms with Crippen LogP contribution in [0.15, 0.2) is 61.2 Å². The number of nitrogens with two attached hydrogens (primary N) is 1. The molecule has 1 aromatic carbocycles. The lowest BCUT2D eigenvalue weighted by Gasteiger charge is -2.34. The molecule has 0 saturated carbocycles. The van der Waals surface area contributed by atoms with Gasteiger partial charge in [-0.25, -0.2) is 4.98 Å². The third kappa shape index (κ3) is 4.79. The van der Waals surface area contributed by atoms with Crippen molar-refractivity contribution in [2.45, 2.75) is 6.04 Å². The summed E-state index contributed by atoms with van der Waals surface area (Å²) in [5, 5.41) is 3.07. The summed E-state index contributed by atoms with van der Waals surface area (Å²) in [6.07, 6.45) is 6.75. The van der Waals surface area contributed by atoms with Crippen LogP contribution in [-0.2, 0) is 4.74 Å². The van der Waals surface area contributed by atoms with E-state index in [0.29, 0.717) is 36.8 Å². The number of hydrogen-bond acceptors (Lipinski definition) is 7. The van der Waals surface area contributed by atoms with Gasteiger partial charge in [-0.2, -0.15) is 0 Å². The Bertz CT molecular complexity index is 974. The Kier molecular flexibility index (Phi) is 6.26. The molecule has 1 unspecified atom stereocenters. The molecule has 4 rings (SSSR count). The van der Waals surface area contributed by atoms with Crippen LogP contribution in [-0.4, -0.2) is 58.6 Å². The molecule has 3 N–H and O–H groups in total. The topological polar surface area (TPSA) is 106 Å². The molecule has 1 aliphatic rings. The SMILES string of the molecule is Nc1cncc(-c2ccc(C(=O)NCC(c3cccnc3)N3CCOCC3)cc2)n1. The van der Waals surface area contributed by atoms with Gasteiger partial charge >= 0.3 is 0 Å². The van der Waals surface area contributed by atoms with Crippen molar-refractivity contribution in [3.8, 4) is 11.3 Å². The van der Waals surface area contributed by atoms with E-state index in [1.165, 1.54) is 6.20 Å². The van der Waals surface area contributed by atoms with E-state index < -0.39 is 0 Å². The number of carbonyl (C=O) groups excluding carboxylic acids is 1. The molecular weight excluding hydrogens is 380 g/mol. The molecule has 1 saturated heterocycles. The summed E-state index contributed by atoms with van der Waals surface area (Å²) in [7, 11) is 0. The molecule has 30 heavy (non-hydrogen) atoms. The van der Waals surface area contributed by atoms with Gasteiger partial charge in [0.2, 0.25) is 0 Å². The van der Waals surface area contributed by atoms with Crippen molar-refractivity contribution in [1.82, 2.24) is 25.2 Å². The largest absolute Gasteiger partial charge is 0.382 e. The maximum Gasteiger partial charge on any atom is 0.251 e. The van der Waals surface area contributed by atoms with Crippen LogP contribution >= 0.6 is 0 Å². The van der Waals surface area contributed by atoms with Crippen molar-refractivity contribution >= 4 is 11.7 Å². The van der Waals surface area contributed by atoms with Crippen LogP contribution in [0.1, 0.15) is 22.0 Å². The zero-order valence-electron chi connectivity index (χ0n) is 16.6. The minimum Gasteiger partial charge on any atom is -0.382 e. The van der Waals surface area contributed by atoms with E-state index in [0.717, 1.165) is 24.2 Å². The first-order valence-corrected chi connectivity index (χ1v) is 9.88. The number of aromatic nitrogens is 3. The van der Waals surface area contributed by atoms with Crippen molar-refractivity contribution in [3.63, 3.8) is 0 Å². The average molecular weight is 404 g/mol. The van der Waals surface area contributed by atoms with Crippen LogP contribution in [0.2, 0.25) is 0 Å². The van der Waals surface area contributed by atoms with Gasteiger partial charge in [0.1, 0.15) is 5.82 Å². The summed E-state index contributed by atoms with van der Waals surface area (Å²) in [4.78, 5) is 27.6. The summed E-state index contributed by atoms with van der Waals surface area (Å²) in [5.74, 6) is 0.237. The maximum absolute atomic E-state index is 12.7. The highest BCUT2D eigenvalue weighted by atomic mass is 16.5. The van der Waals surface area contributed by atoms with Crippen LogP contribution < -0.4 is 11.1 Å². The Labute approximate surface area is 175 Å². The molecule has 3 aromatic rings. The molecule has 1 atom stereocenters. The minimum atomic E-state index is -0.123. The van der Waals surface area contributed by atoms with Gasteiger partial charge in [-0.3, -0.25) is 19.7 Å². The summed E-state index contributed by atoms with van der Waals surface area (Å²) in [6, 6.07) is 11.3. The number of pyridine rings is 1. The molecule has 0 bridgehead atoms. The lowest BCUT2D eigenvalue weighted by Crippen LogP contribution is -2.43. The van der Waals surface area contributed by atoms with Crippen molar-refractivity contribution in [2.75, 3.05) is 38.6 Å². The number of benzene rings is 1. The first kappa shape index (κ1) is 19.9. The number of carbonyl (C=O) groups is 1. The maximum atomic E-state index is 12.7. The highest BCUT2D eigenvalue weighted by molar-refractivity contribution is 5.94. The van der Waals surface area contributed by atoms with Gasteiger partial charge < -0.3 is 15.8 Å². The number of anilines is 1. The van der Waals surface area contributed by atoms with E-state index in [2.05, 4.69) is 25.2 Å². The van der Waals surface area contributed by atoms with Gasteiger partial charge in [0.15, 0.2) is 0 Å². The summed E-state index contributed by atoms with van der Waals surface area (Å²) >= 11 is 0. The number of nitrogens with zero attached hydrogens (tertiary/aromatic N) is 4. The van der Waals surface area contributed by atoms with Crippen LogP contribution in [0.4, 0.5) is 5.82 Å². The Morgan fingerprint density at radius 2 is 1.90 bits per heavy atom. The molecule has 1 amide bonds. The van der Waals surface area contributed by atoms with Crippen LogP contribution in [0.25, 0.3) is 11.3 Å². The number of nitrogens with one attached hydrogen (secondary N) is 1. The number of ether oxygens (including phenoxy) is 1. The molecule has 1 fully saturated rings. The fraction of sp³-hybridized carbons (Fsp3) is 0.273. The summed E-state index contributed by atoms with van der Waals surface area (Å²) in [6.45, 7) is 3.53. The second-order valence-corrected chi connectivity index (χ2v) is 7.07. The van der Waals surface area contributed by atoms with Crippen LogP contribution in [0, 0.1) is 0 Å². The predicted molar refractivity (Wildman–Crippen MR) is 114 cm³/mol. The third-order valence-electron chi connectivity index (χ3n) is 5.11. The molecule has 154 valence electrons. The van der Waals surface area contributed by atoms with Crippen LogP contribution in [0.5, 0.6) is 0 Å². The Morgan fingerprint density at radius 1 is 1.10 bits per heavy atom. The molecular formula is C22H24N6O2. The van der Waals surface area contributed by atoms with E-state index in [4.69, 9.17) is 10.5 Å². The van der Waals surface area contributed by atoms with Gasteiger partial charge in [0.05, 0.1) is 37.3 Å². The highest BCUT2D eigenvalue weighted by Gasteiger charge is 2.23. The molecule has 2 aromatic heterocycles. The van der Waals surface area contributed by atoms with Gasteiger partial charge in [0.25, 0.3) is 5.91 Å². The van der Waals surface area contributed by atoms with Crippen LogP contribution in [0.3, 0.4) is 0 Å². The Hall–Kier alpha value is -3.36. The standard InChI is InChI=1S/C22H24N6O2/c23-21-15-25-13-19(27-21)16-3-5-17(6-4-16)22(29)26-14-20(18-2-1-7-24-12-18)28-8-10-30-11-9-28/h1-7,12-13,15,20H,8-11,14H2,(H2,23,27)(H,26,29). The van der Waals surface area contributed by atoms with Crippen molar-refractivity contribution in [1.29, 1.82) is 0 Å². The second-order valence-electron chi connectivity index (χ2n) is 7.07. The van der Waals surface area contributed by atoms with Gasteiger partial charge in [-0.1, -0.05) is 18.2 Å². The lowest BCUT2D eigenvalue weighted by atomic mass is 10.1. The first-order chi connectivity index (χ1) is 14.7. The average Bonchev–Trinajstić information content (AvgIpc) is 2.81. The fourth-order valence-corrected chi connectivity index (χ4v) is 3.52. The zero-order chi connectivity index (χ0) is 20.8. The minimum absolute atomic E-state index is 0.0494. The number of nitrogen functional groups attached to an aromatic ring is 1. The van der Waals surface area contributed by atoms with E-state index >= 15 is 0 Å². The first-order valence-electron chi connectivity index (χ1n) is 9.88. The van der Waals surface area contributed by atoms with Gasteiger partial charge in [-0.15, -0.1) is 0 Å². The monoisotopic (exact) mass is 404 g/mol. The molecule has 0 spiro atoms. The molecule has 8 nitrogen and oxygen atoms in total. The zero-order valence-corrected chi connectivity index (χ0v) is 16.6. The van der Waals surface area contributed by atoms with E-state index in [-0.39, 0.29) is 11.9 Å². The molecule has 0 radical (unpaired) electrons. The number of morpholine rings is 1. The third-order valence-corrected chi connectivity index (χ3v) is 5.11. The lowest BCUT2D eigenvalue weighted by molar-refractivity contribution is 0.0161. The van der Waals surface area contributed by atoms with E-state index in [1.807, 2.05) is 30.5 Å². The molecule has 3 heterocycles. The number of hydrogen-bond donors (Lipinski definition) is 2. The summed E-state index contributed by atoms with van der Waals surface area (Å²) in [5.41, 5.74) is 8.89. The van der Waals surface area contributed by atoms with Crippen molar-refractivity contribution < 1.29 is 9.53 Å². The van der Waals surface area contributed by atoms with E-state index in [1.54, 1.807) is 24.5 Å². The van der Waals surface area contributed by atoms with Crippen molar-refractivity contribution in [3.05, 3.63) is 72.3 Å². The summed E-state index contributed by atoms with van der Waals surface area (Å²) < 4.78 is 5.47. The smallest absolute Gasteiger partial charge is 0.251 e. The quantitative estimate of drug-likeness (QED) is 0.646.